The fraction of sp³-hybridized carbons (Fsp3) is 0.259. The summed E-state index contributed by atoms with van der Waals surface area (Å²) in [4.78, 5) is 51.7. The molecule has 1 fully saturated rings. The van der Waals surface area contributed by atoms with Crippen LogP contribution in [0.15, 0.2) is 71.5 Å². The molecular weight excluding hydrogens is 458 g/mol. The number of rotatable bonds is 4. The van der Waals surface area contributed by atoms with E-state index in [1.165, 1.54) is 6.92 Å². The van der Waals surface area contributed by atoms with Gasteiger partial charge < -0.3 is 25.4 Å². The zero-order chi connectivity index (χ0) is 25.2. The number of hydrogen-bond acceptors (Lipinski definition) is 4. The van der Waals surface area contributed by atoms with Crippen LogP contribution in [0.2, 0.25) is 0 Å². The Morgan fingerprint density at radius 2 is 1.53 bits per heavy atom. The third-order valence-corrected chi connectivity index (χ3v) is 6.71. The molecule has 184 valence electrons. The maximum Gasteiger partial charge on any atom is 0.323 e. The van der Waals surface area contributed by atoms with E-state index in [2.05, 4.69) is 16.0 Å². The topological polar surface area (TPSA) is 113 Å². The maximum absolute atomic E-state index is 13.2. The van der Waals surface area contributed by atoms with Gasteiger partial charge in [-0.25, -0.2) is 9.59 Å². The lowest BCUT2D eigenvalue weighted by Crippen LogP contribution is -2.50. The largest absolute Gasteiger partial charge is 0.324 e. The average Bonchev–Trinajstić information content (AvgIpc) is 2.87. The lowest BCUT2D eigenvalue weighted by atomic mass is 9.83. The average molecular weight is 486 g/mol. The second-order valence-corrected chi connectivity index (χ2v) is 9.30. The van der Waals surface area contributed by atoms with Gasteiger partial charge in [0.15, 0.2) is 5.78 Å². The van der Waals surface area contributed by atoms with Crippen molar-refractivity contribution in [3.63, 3.8) is 0 Å². The number of carbonyl (C=O) groups excluding carboxylic acids is 3. The number of nitrogens with zero attached hydrogens (tertiary/aromatic N) is 2. The van der Waals surface area contributed by atoms with Crippen molar-refractivity contribution in [1.29, 1.82) is 0 Å². The molecule has 3 heterocycles. The van der Waals surface area contributed by atoms with Crippen LogP contribution in [-0.2, 0) is 6.54 Å². The molecule has 3 aromatic rings. The highest BCUT2D eigenvalue weighted by molar-refractivity contribution is 5.99. The van der Waals surface area contributed by atoms with E-state index in [1.807, 2.05) is 24.3 Å². The molecule has 2 aliphatic heterocycles. The molecule has 0 aliphatic carbocycles. The predicted molar refractivity (Wildman–Crippen MR) is 138 cm³/mol. The van der Waals surface area contributed by atoms with Crippen LogP contribution in [-0.4, -0.2) is 40.4 Å². The standard InChI is InChI=1S/C27H27N5O4/c1-17(33)19-7-9-22(10-8-19)29-27(36)31-14-18-13-20(16-31)24-12-11-23(25(34)32(24)15-18)30-26(35)28-21-5-3-2-4-6-21/h2-12,18,20H,13-16H2,1H3,(H,29,36)(H2,28,30,35)/t18-,20+/m0/s1. The number of Topliss-reactive ketones (excluding diaryl/α,β-unsaturated/α-hetero) is 1. The highest BCUT2D eigenvalue weighted by atomic mass is 16.2. The molecule has 5 rings (SSSR count). The van der Waals surface area contributed by atoms with Gasteiger partial charge in [0.05, 0.1) is 0 Å². The summed E-state index contributed by atoms with van der Waals surface area (Å²) in [5, 5.41) is 8.28. The number of ketones is 1. The van der Waals surface area contributed by atoms with Crippen LogP contribution < -0.4 is 21.5 Å². The third-order valence-electron chi connectivity index (χ3n) is 6.71. The molecule has 0 unspecified atom stereocenters. The number of amides is 4. The second-order valence-electron chi connectivity index (χ2n) is 9.30. The van der Waals surface area contributed by atoms with E-state index in [0.717, 1.165) is 12.1 Å². The molecule has 2 atom stereocenters. The van der Waals surface area contributed by atoms with Gasteiger partial charge in [-0.2, -0.15) is 0 Å². The minimum atomic E-state index is -0.478. The van der Waals surface area contributed by atoms with E-state index in [-0.39, 0.29) is 34.9 Å². The number of piperidine rings is 1. The summed E-state index contributed by atoms with van der Waals surface area (Å²) in [6.07, 6.45) is 0.901. The number of fused-ring (bicyclic) bond motifs is 4. The van der Waals surface area contributed by atoms with Crippen LogP contribution in [0.3, 0.4) is 0 Å². The molecule has 0 radical (unpaired) electrons. The zero-order valence-electron chi connectivity index (χ0n) is 19.9. The van der Waals surface area contributed by atoms with E-state index >= 15 is 0 Å². The quantitative estimate of drug-likeness (QED) is 0.477. The molecule has 0 saturated carbocycles. The Morgan fingerprint density at radius 1 is 0.806 bits per heavy atom. The first-order valence-corrected chi connectivity index (χ1v) is 11.9. The van der Waals surface area contributed by atoms with Crippen LogP contribution in [0, 0.1) is 5.92 Å². The van der Waals surface area contributed by atoms with Crippen molar-refractivity contribution in [2.45, 2.75) is 25.8 Å². The zero-order valence-corrected chi connectivity index (χ0v) is 19.9. The van der Waals surface area contributed by atoms with Crippen LogP contribution in [0.25, 0.3) is 0 Å². The Hall–Kier alpha value is -4.40. The summed E-state index contributed by atoms with van der Waals surface area (Å²) in [6, 6.07) is 18.7. The molecule has 2 aliphatic rings. The lowest BCUT2D eigenvalue weighted by molar-refractivity contribution is 0.101. The van der Waals surface area contributed by atoms with Gasteiger partial charge in [-0.15, -0.1) is 0 Å². The number of para-hydroxylation sites is 1. The smallest absolute Gasteiger partial charge is 0.323 e. The van der Waals surface area contributed by atoms with Gasteiger partial charge in [0.25, 0.3) is 5.56 Å². The molecule has 2 aromatic carbocycles. The van der Waals surface area contributed by atoms with Crippen LogP contribution in [0.4, 0.5) is 26.7 Å². The molecular formula is C27H27N5O4. The number of hydrogen-bond donors (Lipinski definition) is 3. The van der Waals surface area contributed by atoms with Crippen molar-refractivity contribution in [3.8, 4) is 0 Å². The summed E-state index contributed by atoms with van der Waals surface area (Å²) < 4.78 is 1.73. The van der Waals surface area contributed by atoms with Gasteiger partial charge >= 0.3 is 12.1 Å². The van der Waals surface area contributed by atoms with Crippen molar-refractivity contribution in [2.75, 3.05) is 29.0 Å². The number of nitrogens with one attached hydrogen (secondary N) is 3. The van der Waals surface area contributed by atoms with Crippen molar-refractivity contribution in [1.82, 2.24) is 9.47 Å². The van der Waals surface area contributed by atoms with Crippen molar-refractivity contribution in [2.24, 2.45) is 5.92 Å². The Kier molecular flexibility index (Phi) is 6.28. The number of anilines is 3. The molecule has 2 bridgehead atoms. The Balaban J connectivity index is 1.27. The van der Waals surface area contributed by atoms with Gasteiger partial charge in [-0.05, 0) is 67.8 Å². The van der Waals surface area contributed by atoms with Crippen LogP contribution in [0.1, 0.15) is 35.3 Å². The molecule has 1 saturated heterocycles. The molecule has 9 heteroatoms. The Bertz CT molecular complexity index is 1370. The fourth-order valence-corrected chi connectivity index (χ4v) is 5.00. The van der Waals surface area contributed by atoms with E-state index in [4.69, 9.17) is 0 Å². The molecule has 3 N–H and O–H groups in total. The summed E-state index contributed by atoms with van der Waals surface area (Å²) in [6.45, 7) is 3.01. The maximum atomic E-state index is 13.2. The van der Waals surface area contributed by atoms with E-state index < -0.39 is 6.03 Å². The summed E-state index contributed by atoms with van der Waals surface area (Å²) in [5.74, 6) is 0.136. The minimum absolute atomic E-state index is 0.0270. The van der Waals surface area contributed by atoms with Crippen LogP contribution in [0.5, 0.6) is 0 Å². The van der Waals surface area contributed by atoms with Gasteiger partial charge in [0.1, 0.15) is 5.69 Å². The fourth-order valence-electron chi connectivity index (χ4n) is 5.00. The van der Waals surface area contributed by atoms with Gasteiger partial charge in [-0.3, -0.25) is 9.59 Å². The number of likely N-dealkylation sites (tertiary alicyclic amines) is 1. The number of aromatic nitrogens is 1. The second kappa shape index (κ2) is 9.69. The third kappa shape index (κ3) is 4.86. The molecule has 1 aromatic heterocycles. The first-order valence-electron chi connectivity index (χ1n) is 11.9. The summed E-state index contributed by atoms with van der Waals surface area (Å²) in [5.41, 5.74) is 2.70. The van der Waals surface area contributed by atoms with E-state index in [0.29, 0.717) is 36.6 Å². The minimum Gasteiger partial charge on any atom is -0.324 e. The Morgan fingerprint density at radius 3 is 2.25 bits per heavy atom. The molecule has 36 heavy (non-hydrogen) atoms. The van der Waals surface area contributed by atoms with Gasteiger partial charge in [0.2, 0.25) is 0 Å². The SMILES string of the molecule is CC(=O)c1ccc(NC(=O)N2C[C@@H]3C[C@H](C2)c2ccc(NC(=O)Nc4ccccc4)c(=O)n2C3)cc1. The molecule has 9 nitrogen and oxygen atoms in total. The number of pyridine rings is 1. The van der Waals surface area contributed by atoms with E-state index in [1.54, 1.807) is 51.9 Å². The van der Waals surface area contributed by atoms with E-state index in [9.17, 15) is 19.2 Å². The molecule has 0 spiro atoms. The summed E-state index contributed by atoms with van der Waals surface area (Å²) in [7, 11) is 0. The number of benzene rings is 2. The first kappa shape index (κ1) is 23.3. The number of urea groups is 2. The highest BCUT2D eigenvalue weighted by Gasteiger charge is 2.36. The first-order chi connectivity index (χ1) is 17.4. The van der Waals surface area contributed by atoms with Gasteiger partial charge in [-0.1, -0.05) is 18.2 Å². The molecule has 4 amide bonds. The lowest BCUT2D eigenvalue weighted by Gasteiger charge is -2.42. The normalized spacial score (nSPS) is 18.1. The highest BCUT2D eigenvalue weighted by Crippen LogP contribution is 2.35. The Labute approximate surface area is 208 Å². The number of carbonyl (C=O) groups is 3. The van der Waals surface area contributed by atoms with Crippen LogP contribution >= 0.6 is 0 Å². The van der Waals surface area contributed by atoms with Crippen molar-refractivity contribution >= 4 is 34.9 Å². The van der Waals surface area contributed by atoms with Gasteiger partial charge in [0, 0.05) is 48.2 Å². The van der Waals surface area contributed by atoms with Crippen molar-refractivity contribution in [3.05, 3.63) is 88.3 Å². The monoisotopic (exact) mass is 485 g/mol. The van der Waals surface area contributed by atoms with Crippen molar-refractivity contribution < 1.29 is 14.4 Å². The summed E-state index contributed by atoms with van der Waals surface area (Å²) >= 11 is 0. The predicted octanol–water partition coefficient (Wildman–Crippen LogP) is 4.35.